The number of carbonyl (C=O) groups excluding carboxylic acids is 1. The standard InChI is InChI=1S/C16H38O5Si4/c1-12-16(17)18-13-15(2)14-25(19-22(3,4)5,20-23(6,7)8)21-24(9,10)11/h12,15H,1,13-14H2,2-11H3. The van der Waals surface area contributed by atoms with Crippen molar-refractivity contribution in [2.75, 3.05) is 6.61 Å². The first-order chi connectivity index (χ1) is 11.0. The predicted molar refractivity (Wildman–Crippen MR) is 114 cm³/mol. The molecule has 0 bridgehead atoms. The number of esters is 1. The lowest BCUT2D eigenvalue weighted by molar-refractivity contribution is -0.138. The van der Waals surface area contributed by atoms with E-state index in [9.17, 15) is 4.79 Å². The predicted octanol–water partition coefficient (Wildman–Crippen LogP) is 4.85. The number of hydrogen-bond acceptors (Lipinski definition) is 5. The van der Waals surface area contributed by atoms with E-state index in [1.165, 1.54) is 6.08 Å². The van der Waals surface area contributed by atoms with Crippen LogP contribution in [0.5, 0.6) is 0 Å². The molecule has 0 aromatic rings. The van der Waals surface area contributed by atoms with E-state index >= 15 is 0 Å². The fraction of sp³-hybridized carbons (Fsp3) is 0.812. The van der Waals surface area contributed by atoms with Crippen molar-refractivity contribution in [3.8, 4) is 0 Å². The summed E-state index contributed by atoms with van der Waals surface area (Å²) in [6, 6.07) is 0.663. The van der Waals surface area contributed by atoms with Crippen LogP contribution >= 0.6 is 0 Å². The van der Waals surface area contributed by atoms with Gasteiger partial charge in [-0.3, -0.25) is 0 Å². The minimum Gasteiger partial charge on any atom is -0.462 e. The Labute approximate surface area is 158 Å². The largest absolute Gasteiger partial charge is 0.469 e. The Balaban J connectivity index is 5.56. The minimum atomic E-state index is -2.88. The van der Waals surface area contributed by atoms with Gasteiger partial charge >= 0.3 is 14.8 Å². The second-order valence-electron chi connectivity index (χ2n) is 9.47. The van der Waals surface area contributed by atoms with Crippen LogP contribution in [0, 0.1) is 5.92 Å². The van der Waals surface area contributed by atoms with Crippen molar-refractivity contribution in [1.82, 2.24) is 0 Å². The van der Waals surface area contributed by atoms with Crippen LogP contribution in [0.1, 0.15) is 6.92 Å². The van der Waals surface area contributed by atoms with Crippen LogP contribution in [0.25, 0.3) is 0 Å². The van der Waals surface area contributed by atoms with E-state index in [4.69, 9.17) is 17.1 Å². The summed E-state index contributed by atoms with van der Waals surface area (Å²) in [6.45, 7) is 25.3. The molecule has 0 saturated heterocycles. The molecule has 0 saturated carbocycles. The van der Waals surface area contributed by atoms with Crippen molar-refractivity contribution >= 4 is 39.7 Å². The average Bonchev–Trinajstić information content (AvgIpc) is 2.28. The molecular formula is C16H38O5Si4. The molecule has 0 aliphatic carbocycles. The van der Waals surface area contributed by atoms with E-state index in [1.54, 1.807) is 0 Å². The molecule has 0 N–H and O–H groups in total. The smallest absolute Gasteiger partial charge is 0.462 e. The Morgan fingerprint density at radius 2 is 1.24 bits per heavy atom. The summed E-state index contributed by atoms with van der Waals surface area (Å²) >= 11 is 0. The summed E-state index contributed by atoms with van der Waals surface area (Å²) in [4.78, 5) is 11.4. The van der Waals surface area contributed by atoms with Crippen LogP contribution in [0.3, 0.4) is 0 Å². The van der Waals surface area contributed by atoms with Crippen LogP contribution in [0.4, 0.5) is 0 Å². The van der Waals surface area contributed by atoms with Crippen molar-refractivity contribution in [2.45, 2.75) is 71.9 Å². The van der Waals surface area contributed by atoms with Gasteiger partial charge in [0.25, 0.3) is 0 Å². The van der Waals surface area contributed by atoms with Crippen LogP contribution in [-0.2, 0) is 21.9 Å². The zero-order valence-electron chi connectivity index (χ0n) is 17.8. The molecule has 0 radical (unpaired) electrons. The molecule has 1 unspecified atom stereocenters. The monoisotopic (exact) mass is 422 g/mol. The summed E-state index contributed by atoms with van der Waals surface area (Å²) in [7, 11) is -8.51. The van der Waals surface area contributed by atoms with Crippen molar-refractivity contribution in [2.24, 2.45) is 5.92 Å². The van der Waals surface area contributed by atoms with Gasteiger partial charge in [0.2, 0.25) is 0 Å². The Morgan fingerprint density at radius 1 is 0.880 bits per heavy atom. The topological polar surface area (TPSA) is 54.0 Å². The lowest BCUT2D eigenvalue weighted by Gasteiger charge is -2.43. The van der Waals surface area contributed by atoms with Gasteiger partial charge < -0.3 is 17.1 Å². The molecular weight excluding hydrogens is 385 g/mol. The van der Waals surface area contributed by atoms with Gasteiger partial charge in [0, 0.05) is 12.1 Å². The van der Waals surface area contributed by atoms with Crippen molar-refractivity contribution in [3.63, 3.8) is 0 Å². The summed E-state index contributed by atoms with van der Waals surface area (Å²) in [5, 5.41) is 0. The Morgan fingerprint density at radius 3 is 1.52 bits per heavy atom. The fourth-order valence-electron chi connectivity index (χ4n) is 2.36. The third kappa shape index (κ3) is 12.9. The van der Waals surface area contributed by atoms with Gasteiger partial charge in [-0.15, -0.1) is 0 Å². The van der Waals surface area contributed by atoms with Gasteiger partial charge in [0.1, 0.15) is 0 Å². The molecule has 0 aromatic carbocycles. The molecule has 25 heavy (non-hydrogen) atoms. The average molecular weight is 423 g/mol. The second kappa shape index (κ2) is 9.24. The maximum Gasteiger partial charge on any atom is 0.469 e. The first-order valence-corrected chi connectivity index (χ1v) is 21.0. The molecule has 1 atom stereocenters. The molecule has 148 valence electrons. The zero-order chi connectivity index (χ0) is 20.1. The lowest BCUT2D eigenvalue weighted by Crippen LogP contribution is -2.61. The molecule has 0 spiro atoms. The van der Waals surface area contributed by atoms with Crippen LogP contribution in [0.15, 0.2) is 12.7 Å². The van der Waals surface area contributed by atoms with E-state index in [0.29, 0.717) is 12.7 Å². The summed E-state index contributed by atoms with van der Waals surface area (Å²) < 4.78 is 25.1. The molecule has 0 fully saturated rings. The molecule has 5 nitrogen and oxygen atoms in total. The first-order valence-electron chi connectivity index (χ1n) is 8.87. The lowest BCUT2D eigenvalue weighted by atomic mass is 10.2. The van der Waals surface area contributed by atoms with E-state index in [2.05, 4.69) is 65.5 Å². The highest BCUT2D eigenvalue weighted by Crippen LogP contribution is 2.31. The minimum absolute atomic E-state index is 0.0969. The van der Waals surface area contributed by atoms with Gasteiger partial charge in [0.15, 0.2) is 25.0 Å². The summed E-state index contributed by atoms with van der Waals surface area (Å²) in [6.07, 6.45) is 1.19. The van der Waals surface area contributed by atoms with Gasteiger partial charge in [-0.1, -0.05) is 13.5 Å². The molecule has 0 heterocycles. The highest BCUT2D eigenvalue weighted by Gasteiger charge is 2.50. The van der Waals surface area contributed by atoms with Gasteiger partial charge in [-0.05, 0) is 64.8 Å². The molecule has 0 aliphatic rings. The van der Waals surface area contributed by atoms with Crippen LogP contribution in [-0.4, -0.2) is 46.3 Å². The maximum absolute atomic E-state index is 11.4. The highest BCUT2D eigenvalue weighted by atomic mass is 28.5. The van der Waals surface area contributed by atoms with Gasteiger partial charge in [-0.2, -0.15) is 0 Å². The maximum atomic E-state index is 11.4. The van der Waals surface area contributed by atoms with E-state index < -0.39 is 39.7 Å². The quantitative estimate of drug-likeness (QED) is 0.271. The van der Waals surface area contributed by atoms with E-state index in [-0.39, 0.29) is 5.92 Å². The molecule has 0 rings (SSSR count). The van der Waals surface area contributed by atoms with Crippen molar-refractivity contribution in [1.29, 1.82) is 0 Å². The fourth-order valence-corrected chi connectivity index (χ4v) is 17.1. The Bertz CT molecular complexity index is 408. The first kappa shape index (κ1) is 25.0. The number of carbonyl (C=O) groups is 1. The Kier molecular flexibility index (Phi) is 9.23. The van der Waals surface area contributed by atoms with E-state index in [0.717, 1.165) is 0 Å². The summed E-state index contributed by atoms with van der Waals surface area (Å²) in [5.74, 6) is -0.304. The normalized spacial score (nSPS) is 15.0. The van der Waals surface area contributed by atoms with Crippen molar-refractivity contribution < 1.29 is 21.9 Å². The third-order valence-corrected chi connectivity index (χ3v) is 14.9. The number of rotatable bonds is 11. The second-order valence-corrected chi connectivity index (χ2v) is 26.4. The molecule has 9 heteroatoms. The van der Waals surface area contributed by atoms with Crippen LogP contribution < -0.4 is 0 Å². The van der Waals surface area contributed by atoms with Gasteiger partial charge in [0.05, 0.1) is 6.61 Å². The third-order valence-electron chi connectivity index (χ3n) is 2.66. The highest BCUT2D eigenvalue weighted by molar-refractivity contribution is 6.90. The van der Waals surface area contributed by atoms with E-state index in [1.807, 2.05) is 6.92 Å². The Hall–Kier alpha value is -0.0425. The molecule has 0 amide bonds. The molecule has 0 aromatic heterocycles. The number of hydrogen-bond donors (Lipinski definition) is 0. The number of ether oxygens (including phenoxy) is 1. The van der Waals surface area contributed by atoms with Crippen LogP contribution in [0.2, 0.25) is 65.0 Å². The van der Waals surface area contributed by atoms with Crippen molar-refractivity contribution in [3.05, 3.63) is 12.7 Å². The molecule has 0 aliphatic heterocycles. The SMILES string of the molecule is C=CC(=O)OCC(C)C[Si](O[Si](C)(C)C)(O[Si](C)(C)C)O[Si](C)(C)C. The van der Waals surface area contributed by atoms with Gasteiger partial charge in [-0.25, -0.2) is 4.79 Å². The summed E-state index contributed by atoms with van der Waals surface area (Å²) in [5.41, 5.74) is 0. The zero-order valence-corrected chi connectivity index (χ0v) is 21.8.